The molecule has 4 heterocycles. The Balaban J connectivity index is 0.000000237. The summed E-state index contributed by atoms with van der Waals surface area (Å²) in [6.07, 6.45) is 3.48. The molecular weight excluding hydrogens is 754 g/mol. The van der Waals surface area contributed by atoms with Gasteiger partial charge in [-0.05, 0) is 53.5 Å². The van der Waals surface area contributed by atoms with E-state index >= 15 is 0 Å². The van der Waals surface area contributed by atoms with E-state index in [0.717, 1.165) is 16.8 Å². The normalized spacial score (nSPS) is 13.7. The van der Waals surface area contributed by atoms with Gasteiger partial charge in [-0.15, -0.1) is 48.0 Å². The zero-order valence-corrected chi connectivity index (χ0v) is 28.2. The van der Waals surface area contributed by atoms with Crippen molar-refractivity contribution in [1.82, 2.24) is 15.0 Å². The average Bonchev–Trinajstić information content (AvgIpc) is 3.46. The number of rotatable bonds is 4. The van der Waals surface area contributed by atoms with Gasteiger partial charge >= 0.3 is 0 Å². The first-order valence-corrected chi connectivity index (χ1v) is 17.5. The van der Waals surface area contributed by atoms with Crippen molar-refractivity contribution in [2.45, 2.75) is 33.3 Å². The molecule has 4 aromatic heterocycles. The van der Waals surface area contributed by atoms with Gasteiger partial charge in [-0.3, -0.25) is 4.39 Å². The van der Waals surface area contributed by atoms with Gasteiger partial charge in [-0.25, -0.2) is 4.98 Å². The summed E-state index contributed by atoms with van der Waals surface area (Å²) in [6, 6.07) is 31.9. The molecule has 0 N–H and O–H groups in total. The van der Waals surface area contributed by atoms with Crippen LogP contribution >= 0.6 is 0 Å². The minimum Gasteiger partial charge on any atom is -0.486 e. The Labute approximate surface area is 286 Å². The summed E-state index contributed by atoms with van der Waals surface area (Å²) >= 11 is 0. The molecule has 7 aromatic rings. The molecule has 0 fully saturated rings. The van der Waals surface area contributed by atoms with Gasteiger partial charge in [0.25, 0.3) is 0 Å². The first kappa shape index (κ1) is 25.0. The Hall–Kier alpha value is -4.29. The molecule has 0 amide bonds. The number of fused-ring (bicyclic) bond motifs is 3. The van der Waals surface area contributed by atoms with E-state index in [-0.39, 0.29) is 42.9 Å². The predicted octanol–water partition coefficient (Wildman–Crippen LogP) is 9.36. The van der Waals surface area contributed by atoms with Crippen LogP contribution < -0.4 is 5.19 Å². The standard InChI is InChI=1S/C24H17N2O.C14H15FNSi.Ir/c1-15-13-22(25-14-21(15)17-7-4-3-5-8-17)20-10-6-9-18-19-12-11-16(2)26-24(19)27-23(18)20;1-17(2,3)13-8-9-14(16-10-13)11-4-6-12(15)7-5-11;/h3-9,11-14H,1-2H3;4,6-10H,1-3H3;/q2*-1;/i1D3,2D3;;. The Morgan fingerprint density at radius 2 is 1.64 bits per heavy atom. The van der Waals surface area contributed by atoms with Gasteiger partial charge in [0, 0.05) is 63.2 Å². The van der Waals surface area contributed by atoms with Crippen LogP contribution in [0.25, 0.3) is 55.7 Å². The van der Waals surface area contributed by atoms with E-state index in [0.29, 0.717) is 33.2 Å². The third-order valence-electron chi connectivity index (χ3n) is 7.22. The largest absolute Gasteiger partial charge is 0.486 e. The first-order chi connectivity index (χ1) is 23.6. The van der Waals surface area contributed by atoms with Crippen LogP contribution in [-0.2, 0) is 20.1 Å². The average molecular weight is 792 g/mol. The SMILES string of the molecule is C[Si](C)(C)c1ccc(-c2[c-]cc(F)cc2)nc1.[2H]C([2H])([2H])c1ccc2c(n1)oc1c(-c3cc(C([2H])([2H])[2H])c(-c4ccccc4)cn3)[c-]ccc12.[Ir]. The Morgan fingerprint density at radius 3 is 2.33 bits per heavy atom. The van der Waals surface area contributed by atoms with Crippen molar-refractivity contribution in [2.24, 2.45) is 0 Å². The summed E-state index contributed by atoms with van der Waals surface area (Å²) in [7, 11) is -1.30. The summed E-state index contributed by atoms with van der Waals surface area (Å²) in [5.41, 5.74) is 4.54. The summed E-state index contributed by atoms with van der Waals surface area (Å²) in [6.45, 7) is 2.14. The van der Waals surface area contributed by atoms with Crippen LogP contribution in [0.15, 0.2) is 108 Å². The Kier molecular flexibility index (Phi) is 7.42. The molecule has 0 saturated carbocycles. The van der Waals surface area contributed by atoms with Gasteiger partial charge in [0.15, 0.2) is 0 Å². The number of nitrogens with zero attached hydrogens (tertiary/aromatic N) is 3. The zero-order chi connectivity index (χ0) is 35.8. The predicted molar refractivity (Wildman–Crippen MR) is 180 cm³/mol. The second-order valence-electron chi connectivity index (χ2n) is 11.3. The van der Waals surface area contributed by atoms with E-state index in [1.165, 1.54) is 29.5 Å². The number of aryl methyl sites for hydroxylation is 2. The van der Waals surface area contributed by atoms with Crippen molar-refractivity contribution in [2.75, 3.05) is 0 Å². The van der Waals surface area contributed by atoms with E-state index in [1.807, 2.05) is 42.6 Å². The first-order valence-electron chi connectivity index (χ1n) is 17.0. The Bertz CT molecular complexity index is 2290. The molecule has 0 atom stereocenters. The van der Waals surface area contributed by atoms with E-state index < -0.39 is 21.8 Å². The van der Waals surface area contributed by atoms with Gasteiger partial charge in [0.1, 0.15) is 0 Å². The third kappa shape index (κ3) is 7.02. The molecule has 227 valence electrons. The van der Waals surface area contributed by atoms with Crippen molar-refractivity contribution in [3.8, 4) is 33.6 Å². The van der Waals surface area contributed by atoms with Crippen molar-refractivity contribution >= 4 is 35.3 Å². The van der Waals surface area contributed by atoms with Crippen LogP contribution in [-0.4, -0.2) is 23.0 Å². The van der Waals surface area contributed by atoms with Crippen LogP contribution in [0.5, 0.6) is 0 Å². The molecule has 3 aromatic carbocycles. The van der Waals surface area contributed by atoms with Gasteiger partial charge < -0.3 is 14.4 Å². The van der Waals surface area contributed by atoms with Gasteiger partial charge in [0.05, 0.1) is 13.7 Å². The van der Waals surface area contributed by atoms with E-state index in [1.54, 1.807) is 30.5 Å². The topological polar surface area (TPSA) is 51.8 Å². The quantitative estimate of drug-likeness (QED) is 0.132. The fraction of sp³-hybridized carbons (Fsp3) is 0.132. The number of hydrogen-bond acceptors (Lipinski definition) is 4. The summed E-state index contributed by atoms with van der Waals surface area (Å²) in [4.78, 5) is 13.1. The maximum atomic E-state index is 12.8. The number of benzene rings is 3. The Morgan fingerprint density at radius 1 is 0.822 bits per heavy atom. The number of furan rings is 1. The fourth-order valence-corrected chi connectivity index (χ4v) is 5.85. The van der Waals surface area contributed by atoms with Crippen molar-refractivity contribution < 1.29 is 37.1 Å². The van der Waals surface area contributed by atoms with Gasteiger partial charge in [0.2, 0.25) is 5.71 Å². The minimum atomic E-state index is -2.36. The van der Waals surface area contributed by atoms with Crippen molar-refractivity contribution in [3.05, 3.63) is 133 Å². The van der Waals surface area contributed by atoms with Gasteiger partial charge in [-0.2, -0.15) is 0 Å². The van der Waals surface area contributed by atoms with E-state index in [2.05, 4.69) is 52.8 Å². The summed E-state index contributed by atoms with van der Waals surface area (Å²) < 4.78 is 65.7. The van der Waals surface area contributed by atoms with Crippen LogP contribution in [0, 0.1) is 31.7 Å². The van der Waals surface area contributed by atoms with Gasteiger partial charge in [-0.1, -0.05) is 79.1 Å². The van der Waals surface area contributed by atoms with Crippen LogP contribution in [0.2, 0.25) is 19.6 Å². The molecule has 0 unspecified atom stereocenters. The number of halogens is 1. The minimum absolute atomic E-state index is 0. The van der Waals surface area contributed by atoms with E-state index in [4.69, 9.17) is 12.6 Å². The molecule has 0 aliphatic rings. The number of pyridine rings is 3. The molecule has 0 aliphatic heterocycles. The molecule has 7 rings (SSSR count). The molecule has 4 nitrogen and oxygen atoms in total. The molecule has 0 bridgehead atoms. The maximum absolute atomic E-state index is 12.8. The van der Waals surface area contributed by atoms with Crippen LogP contribution in [0.3, 0.4) is 0 Å². The molecule has 0 spiro atoms. The van der Waals surface area contributed by atoms with Crippen LogP contribution in [0.4, 0.5) is 4.39 Å². The maximum Gasteiger partial charge on any atom is 0.216 e. The molecule has 0 saturated heterocycles. The number of aromatic nitrogens is 3. The second kappa shape index (κ2) is 13.4. The zero-order valence-electron chi connectivity index (χ0n) is 30.8. The smallest absolute Gasteiger partial charge is 0.216 e. The van der Waals surface area contributed by atoms with E-state index in [9.17, 15) is 4.39 Å². The summed E-state index contributed by atoms with van der Waals surface area (Å²) in [5, 5.41) is 2.70. The monoisotopic (exact) mass is 792 g/mol. The molecule has 45 heavy (non-hydrogen) atoms. The fourth-order valence-electron chi connectivity index (χ4n) is 4.81. The van der Waals surface area contributed by atoms with Crippen molar-refractivity contribution in [1.29, 1.82) is 0 Å². The molecule has 1 radical (unpaired) electrons. The molecule has 0 aliphatic carbocycles. The molecular formula is C38H32FIrN3OSi-2. The number of hydrogen-bond donors (Lipinski definition) is 0. The van der Waals surface area contributed by atoms with Crippen LogP contribution in [0.1, 0.15) is 19.5 Å². The summed E-state index contributed by atoms with van der Waals surface area (Å²) in [5.74, 6) is -0.271. The van der Waals surface area contributed by atoms with Crippen molar-refractivity contribution in [3.63, 3.8) is 0 Å². The second-order valence-corrected chi connectivity index (χ2v) is 16.4. The molecule has 7 heteroatoms. The third-order valence-corrected chi connectivity index (χ3v) is 9.25.